The molecule has 1 aromatic heterocycles. The summed E-state index contributed by atoms with van der Waals surface area (Å²) >= 11 is 0. The Bertz CT molecular complexity index is 1090. The van der Waals surface area contributed by atoms with Crippen molar-refractivity contribution in [3.63, 3.8) is 0 Å². The summed E-state index contributed by atoms with van der Waals surface area (Å²) in [4.78, 5) is 17.8. The third kappa shape index (κ3) is 4.29. The van der Waals surface area contributed by atoms with Gasteiger partial charge in [-0.3, -0.25) is 4.79 Å². The number of hydrogen-bond donors (Lipinski definition) is 1. The van der Waals surface area contributed by atoms with Crippen molar-refractivity contribution in [2.24, 2.45) is 11.7 Å². The van der Waals surface area contributed by atoms with Gasteiger partial charge in [0.05, 0.1) is 4.90 Å². The van der Waals surface area contributed by atoms with Gasteiger partial charge in [-0.25, -0.2) is 8.42 Å². The predicted octanol–water partition coefficient (Wildman–Crippen LogP) is 2.09. The van der Waals surface area contributed by atoms with Crippen LogP contribution >= 0.6 is 0 Å². The average molecular weight is 444 g/mol. The number of anilines is 1. The number of oxazole rings is 1. The summed E-state index contributed by atoms with van der Waals surface area (Å²) in [5, 5.41) is 9.49. The van der Waals surface area contributed by atoms with Crippen molar-refractivity contribution in [3.8, 4) is 17.5 Å². The number of nitrogens with zero attached hydrogens (tertiary/aromatic N) is 4. The Kier molecular flexibility index (Phi) is 5.98. The molecule has 2 saturated heterocycles. The van der Waals surface area contributed by atoms with E-state index in [4.69, 9.17) is 10.2 Å². The summed E-state index contributed by atoms with van der Waals surface area (Å²) in [6.07, 6.45) is 4.01. The molecule has 0 atom stereocenters. The molecule has 2 aromatic rings. The highest BCUT2D eigenvalue weighted by molar-refractivity contribution is 7.89. The molecule has 1 aromatic carbocycles. The fraction of sp³-hybridized carbons (Fsp3) is 0.476. The largest absolute Gasteiger partial charge is 0.419 e. The molecular weight excluding hydrogens is 418 g/mol. The smallest absolute Gasteiger partial charge is 0.243 e. The highest BCUT2D eigenvalue weighted by Crippen LogP contribution is 2.32. The molecule has 2 N–H and O–H groups in total. The highest BCUT2D eigenvalue weighted by Gasteiger charge is 2.29. The highest BCUT2D eigenvalue weighted by atomic mass is 32.2. The van der Waals surface area contributed by atoms with Crippen LogP contribution in [0.1, 0.15) is 37.8 Å². The van der Waals surface area contributed by atoms with Gasteiger partial charge in [-0.15, -0.1) is 0 Å². The van der Waals surface area contributed by atoms with Gasteiger partial charge in [0.2, 0.25) is 33.4 Å². The van der Waals surface area contributed by atoms with E-state index in [1.807, 2.05) is 4.90 Å². The quantitative estimate of drug-likeness (QED) is 0.748. The summed E-state index contributed by atoms with van der Waals surface area (Å²) in [6.45, 7) is 2.18. The van der Waals surface area contributed by atoms with E-state index in [2.05, 4.69) is 11.1 Å². The molecule has 10 heteroatoms. The molecule has 2 fully saturated rings. The number of benzene rings is 1. The zero-order chi connectivity index (χ0) is 22.0. The Labute approximate surface area is 181 Å². The second kappa shape index (κ2) is 8.69. The summed E-state index contributed by atoms with van der Waals surface area (Å²) in [6, 6.07) is 8.44. The lowest BCUT2D eigenvalue weighted by atomic mass is 9.96. The molecule has 0 bridgehead atoms. The Hall–Kier alpha value is -2.90. The van der Waals surface area contributed by atoms with Gasteiger partial charge in [0.25, 0.3) is 0 Å². The molecule has 3 heterocycles. The maximum Gasteiger partial charge on any atom is 0.243 e. The lowest BCUT2D eigenvalue weighted by Crippen LogP contribution is -2.38. The number of carbonyl (C=O) groups excluding carboxylic acids is 1. The molecule has 4 rings (SSSR count). The van der Waals surface area contributed by atoms with Crippen LogP contribution in [-0.4, -0.2) is 49.8 Å². The van der Waals surface area contributed by atoms with Gasteiger partial charge in [0.15, 0.2) is 0 Å². The van der Waals surface area contributed by atoms with Crippen LogP contribution in [-0.2, 0) is 14.8 Å². The number of nitriles is 1. The zero-order valence-corrected chi connectivity index (χ0v) is 18.0. The van der Waals surface area contributed by atoms with Gasteiger partial charge in [-0.1, -0.05) is 6.42 Å². The number of primary amides is 1. The molecule has 2 aliphatic heterocycles. The van der Waals surface area contributed by atoms with E-state index in [-0.39, 0.29) is 28.3 Å². The third-order valence-electron chi connectivity index (χ3n) is 5.95. The SMILES string of the molecule is N#Cc1nc(-c2ccc(S(=O)(=O)N3CCCCC3)cc2)oc1N1CCC(C(N)=O)CC1. The minimum absolute atomic E-state index is 0.164. The maximum absolute atomic E-state index is 12.8. The fourth-order valence-corrected chi connectivity index (χ4v) is 5.63. The second-order valence-electron chi connectivity index (χ2n) is 7.94. The van der Waals surface area contributed by atoms with Crippen LogP contribution in [0.5, 0.6) is 0 Å². The second-order valence-corrected chi connectivity index (χ2v) is 9.88. The Morgan fingerprint density at radius 3 is 2.32 bits per heavy atom. The van der Waals surface area contributed by atoms with E-state index in [0.29, 0.717) is 50.5 Å². The molecule has 0 spiro atoms. The van der Waals surface area contributed by atoms with Crippen molar-refractivity contribution in [1.82, 2.24) is 9.29 Å². The van der Waals surface area contributed by atoms with Gasteiger partial charge in [-0.05, 0) is 49.9 Å². The van der Waals surface area contributed by atoms with Gasteiger partial charge >= 0.3 is 0 Å². The van der Waals surface area contributed by atoms with E-state index in [1.165, 1.54) is 4.31 Å². The van der Waals surface area contributed by atoms with Crippen LogP contribution in [0.2, 0.25) is 0 Å². The van der Waals surface area contributed by atoms with Crippen molar-refractivity contribution in [2.45, 2.75) is 37.0 Å². The molecule has 31 heavy (non-hydrogen) atoms. The van der Waals surface area contributed by atoms with E-state index in [1.54, 1.807) is 24.3 Å². The lowest BCUT2D eigenvalue weighted by Gasteiger charge is -2.30. The summed E-state index contributed by atoms with van der Waals surface area (Å²) < 4.78 is 33.1. The molecule has 0 aliphatic carbocycles. The first-order valence-electron chi connectivity index (χ1n) is 10.5. The number of nitrogens with two attached hydrogens (primary N) is 1. The molecule has 0 radical (unpaired) electrons. The van der Waals surface area contributed by atoms with Crippen molar-refractivity contribution in [3.05, 3.63) is 30.0 Å². The molecule has 9 nitrogen and oxygen atoms in total. The Morgan fingerprint density at radius 2 is 1.74 bits per heavy atom. The average Bonchev–Trinajstić information content (AvgIpc) is 3.24. The minimum atomic E-state index is -3.51. The van der Waals surface area contributed by atoms with E-state index >= 15 is 0 Å². The van der Waals surface area contributed by atoms with Crippen LogP contribution in [0.4, 0.5) is 5.88 Å². The Morgan fingerprint density at radius 1 is 1.10 bits per heavy atom. The van der Waals surface area contributed by atoms with E-state index in [0.717, 1.165) is 19.3 Å². The van der Waals surface area contributed by atoms with Gasteiger partial charge in [-0.2, -0.15) is 14.6 Å². The van der Waals surface area contributed by atoms with Crippen molar-refractivity contribution in [1.29, 1.82) is 5.26 Å². The standard InChI is InChI=1S/C21H25N5O4S/c22-14-18-21(25-12-8-15(9-13-25)19(23)27)30-20(24-18)16-4-6-17(7-5-16)31(28,29)26-10-2-1-3-11-26/h4-7,15H,1-3,8-13H2,(H2,23,27). The van der Waals surface area contributed by atoms with Crippen LogP contribution in [0.25, 0.3) is 11.5 Å². The van der Waals surface area contributed by atoms with Crippen LogP contribution < -0.4 is 10.6 Å². The minimum Gasteiger partial charge on any atom is -0.419 e. The number of rotatable bonds is 5. The maximum atomic E-state index is 12.8. The van der Waals surface area contributed by atoms with Gasteiger partial charge in [0.1, 0.15) is 6.07 Å². The normalized spacial score (nSPS) is 18.6. The number of piperidine rings is 2. The fourth-order valence-electron chi connectivity index (χ4n) is 4.11. The Balaban J connectivity index is 1.54. The molecule has 0 unspecified atom stereocenters. The molecule has 1 amide bonds. The van der Waals surface area contributed by atoms with Crippen LogP contribution in [0, 0.1) is 17.2 Å². The molecule has 164 valence electrons. The number of sulfonamides is 1. The molecule has 0 saturated carbocycles. The van der Waals surface area contributed by atoms with Gasteiger partial charge < -0.3 is 15.1 Å². The van der Waals surface area contributed by atoms with Gasteiger partial charge in [0, 0.05) is 37.7 Å². The van der Waals surface area contributed by atoms with Crippen molar-refractivity contribution < 1.29 is 17.6 Å². The molecular formula is C21H25N5O4S. The zero-order valence-electron chi connectivity index (χ0n) is 17.2. The monoisotopic (exact) mass is 443 g/mol. The molecule has 2 aliphatic rings. The predicted molar refractivity (Wildman–Crippen MR) is 113 cm³/mol. The van der Waals surface area contributed by atoms with Crippen LogP contribution in [0.3, 0.4) is 0 Å². The first-order chi connectivity index (χ1) is 14.9. The van der Waals surface area contributed by atoms with Crippen molar-refractivity contribution in [2.75, 3.05) is 31.1 Å². The third-order valence-corrected chi connectivity index (χ3v) is 7.87. The summed E-state index contributed by atoms with van der Waals surface area (Å²) in [7, 11) is -3.51. The lowest BCUT2D eigenvalue weighted by molar-refractivity contribution is -0.122. The summed E-state index contributed by atoms with van der Waals surface area (Å²) in [5.74, 6) is 0.146. The first-order valence-corrected chi connectivity index (χ1v) is 11.9. The number of amides is 1. The summed E-state index contributed by atoms with van der Waals surface area (Å²) in [5.41, 5.74) is 6.14. The number of carbonyl (C=O) groups is 1. The topological polar surface area (TPSA) is 134 Å². The van der Waals surface area contributed by atoms with E-state index in [9.17, 15) is 18.5 Å². The van der Waals surface area contributed by atoms with Crippen LogP contribution in [0.15, 0.2) is 33.6 Å². The van der Waals surface area contributed by atoms with E-state index < -0.39 is 10.0 Å². The number of aromatic nitrogens is 1. The number of hydrogen-bond acceptors (Lipinski definition) is 7. The first kappa shape index (κ1) is 21.3. The van der Waals surface area contributed by atoms with Crippen molar-refractivity contribution >= 4 is 21.8 Å².